The zero-order chi connectivity index (χ0) is 20.2. The minimum absolute atomic E-state index is 0.550. The third-order valence-electron chi connectivity index (χ3n) is 5.24. The van der Waals surface area contributed by atoms with E-state index in [4.69, 9.17) is 5.11 Å². The van der Waals surface area contributed by atoms with Gasteiger partial charge in [0.05, 0.1) is 6.61 Å². The molecule has 0 saturated heterocycles. The van der Waals surface area contributed by atoms with Crippen LogP contribution in [0.1, 0.15) is 110 Å². The molecule has 0 aliphatic rings. The molecule has 4 N–H and O–H groups in total. The molecular formula is C23H46O4. The normalized spacial score (nSPS) is 15.3. The summed E-state index contributed by atoms with van der Waals surface area (Å²) in [6.07, 6.45) is 20.7. The lowest BCUT2D eigenvalue weighted by molar-refractivity contribution is -0.0611. The van der Waals surface area contributed by atoms with E-state index in [1.807, 2.05) is 6.08 Å². The Balaban J connectivity index is 3.28. The van der Waals surface area contributed by atoms with Gasteiger partial charge in [-0.15, -0.1) is 0 Å². The highest BCUT2D eigenvalue weighted by molar-refractivity contribution is 4.94. The van der Waals surface area contributed by atoms with Crippen molar-refractivity contribution in [1.82, 2.24) is 0 Å². The van der Waals surface area contributed by atoms with Gasteiger partial charge < -0.3 is 20.4 Å². The molecule has 0 aliphatic heterocycles. The summed E-state index contributed by atoms with van der Waals surface area (Å²) in [6.45, 7) is 1.72. The summed E-state index contributed by atoms with van der Waals surface area (Å²) in [4.78, 5) is 0. The molecule has 0 amide bonds. The summed E-state index contributed by atoms with van der Waals surface area (Å²) in [7, 11) is 0. The quantitative estimate of drug-likeness (QED) is 0.178. The Bertz CT molecular complexity index is 320. The number of hydrogen-bond donors (Lipinski definition) is 4. The van der Waals surface area contributed by atoms with E-state index in [0.717, 1.165) is 12.8 Å². The minimum Gasteiger partial charge on any atom is -0.394 e. The standard InChI is InChI=1S/C23H46O4/c1-2-3-4-5-6-7-8-9-10-11-12-13-14-15-16-17-18-19-21(25)23(27)22(26)20-24/h18-19,21-27H,2-17,20H2,1H3/b19-18-. The van der Waals surface area contributed by atoms with Gasteiger partial charge in [-0.25, -0.2) is 0 Å². The van der Waals surface area contributed by atoms with Crippen molar-refractivity contribution in [3.05, 3.63) is 12.2 Å². The van der Waals surface area contributed by atoms with Crippen LogP contribution in [0.4, 0.5) is 0 Å². The predicted octanol–water partition coefficient (Wildman–Crippen LogP) is 4.88. The highest BCUT2D eigenvalue weighted by Crippen LogP contribution is 2.14. The molecule has 0 rings (SSSR count). The highest BCUT2D eigenvalue weighted by Gasteiger charge is 2.21. The average molecular weight is 387 g/mol. The Morgan fingerprint density at radius 2 is 1.04 bits per heavy atom. The van der Waals surface area contributed by atoms with Gasteiger partial charge in [-0.3, -0.25) is 0 Å². The molecule has 0 fully saturated rings. The largest absolute Gasteiger partial charge is 0.394 e. The van der Waals surface area contributed by atoms with E-state index in [2.05, 4.69) is 6.92 Å². The molecule has 0 radical (unpaired) electrons. The zero-order valence-corrected chi connectivity index (χ0v) is 17.7. The van der Waals surface area contributed by atoms with Gasteiger partial charge in [-0.05, 0) is 12.8 Å². The van der Waals surface area contributed by atoms with E-state index in [0.29, 0.717) is 0 Å². The summed E-state index contributed by atoms with van der Waals surface area (Å²) in [5.74, 6) is 0. The van der Waals surface area contributed by atoms with E-state index >= 15 is 0 Å². The van der Waals surface area contributed by atoms with E-state index in [-0.39, 0.29) is 0 Å². The first-order valence-electron chi connectivity index (χ1n) is 11.4. The van der Waals surface area contributed by atoms with Crippen LogP contribution in [0, 0.1) is 0 Å². The molecule has 3 unspecified atom stereocenters. The number of aliphatic hydroxyl groups excluding tert-OH is 4. The molecule has 3 atom stereocenters. The van der Waals surface area contributed by atoms with Crippen molar-refractivity contribution >= 4 is 0 Å². The summed E-state index contributed by atoms with van der Waals surface area (Å²) in [6, 6.07) is 0. The molecule has 162 valence electrons. The Hall–Kier alpha value is -0.420. The first-order valence-corrected chi connectivity index (χ1v) is 11.4. The molecule has 4 nitrogen and oxygen atoms in total. The molecule has 0 spiro atoms. The molecule has 27 heavy (non-hydrogen) atoms. The first kappa shape index (κ1) is 26.6. The maximum absolute atomic E-state index is 9.64. The smallest absolute Gasteiger partial charge is 0.112 e. The number of rotatable bonds is 20. The Kier molecular flexibility index (Phi) is 20.0. The summed E-state index contributed by atoms with van der Waals surface area (Å²) >= 11 is 0. The van der Waals surface area contributed by atoms with Gasteiger partial charge in [-0.1, -0.05) is 109 Å². The molecule has 0 aromatic carbocycles. The Morgan fingerprint density at radius 3 is 1.44 bits per heavy atom. The van der Waals surface area contributed by atoms with E-state index in [1.54, 1.807) is 0 Å². The van der Waals surface area contributed by atoms with Crippen LogP contribution in [0.5, 0.6) is 0 Å². The molecule has 4 heteroatoms. The number of hydrogen-bond acceptors (Lipinski definition) is 4. The molecule has 0 saturated carbocycles. The zero-order valence-electron chi connectivity index (χ0n) is 17.7. The van der Waals surface area contributed by atoms with Gasteiger partial charge in [-0.2, -0.15) is 0 Å². The van der Waals surface area contributed by atoms with Crippen LogP contribution in [0.3, 0.4) is 0 Å². The fraction of sp³-hybridized carbons (Fsp3) is 0.913. The fourth-order valence-corrected chi connectivity index (χ4v) is 3.32. The van der Waals surface area contributed by atoms with Gasteiger partial charge in [0.25, 0.3) is 0 Å². The number of aliphatic hydroxyl groups is 4. The Morgan fingerprint density at radius 1 is 0.630 bits per heavy atom. The van der Waals surface area contributed by atoms with Crippen molar-refractivity contribution in [3.8, 4) is 0 Å². The molecule has 0 heterocycles. The minimum atomic E-state index is -1.33. The van der Waals surface area contributed by atoms with Gasteiger partial charge in [0.15, 0.2) is 0 Å². The fourth-order valence-electron chi connectivity index (χ4n) is 3.32. The number of allylic oxidation sites excluding steroid dienone is 1. The molecule has 0 aliphatic carbocycles. The van der Waals surface area contributed by atoms with Crippen LogP contribution in [-0.2, 0) is 0 Å². The van der Waals surface area contributed by atoms with Crippen molar-refractivity contribution in [2.45, 2.75) is 128 Å². The van der Waals surface area contributed by atoms with Crippen LogP contribution < -0.4 is 0 Å². The summed E-state index contributed by atoms with van der Waals surface area (Å²) in [5.41, 5.74) is 0. The van der Waals surface area contributed by atoms with Gasteiger partial charge in [0.2, 0.25) is 0 Å². The van der Waals surface area contributed by atoms with Crippen LogP contribution >= 0.6 is 0 Å². The Labute approximate surface area is 167 Å². The predicted molar refractivity (Wildman–Crippen MR) is 114 cm³/mol. The second kappa shape index (κ2) is 20.3. The van der Waals surface area contributed by atoms with E-state index < -0.39 is 24.9 Å². The highest BCUT2D eigenvalue weighted by atomic mass is 16.4. The monoisotopic (exact) mass is 386 g/mol. The second-order valence-electron chi connectivity index (χ2n) is 7.90. The van der Waals surface area contributed by atoms with Gasteiger partial charge in [0.1, 0.15) is 18.3 Å². The lowest BCUT2D eigenvalue weighted by Gasteiger charge is -2.18. The van der Waals surface area contributed by atoms with Crippen molar-refractivity contribution in [2.24, 2.45) is 0 Å². The van der Waals surface area contributed by atoms with Crippen molar-refractivity contribution in [2.75, 3.05) is 6.61 Å². The third-order valence-corrected chi connectivity index (χ3v) is 5.24. The van der Waals surface area contributed by atoms with Crippen molar-refractivity contribution in [3.63, 3.8) is 0 Å². The van der Waals surface area contributed by atoms with Crippen molar-refractivity contribution < 1.29 is 20.4 Å². The number of unbranched alkanes of at least 4 members (excludes halogenated alkanes) is 15. The molecular weight excluding hydrogens is 340 g/mol. The third kappa shape index (κ3) is 17.4. The van der Waals surface area contributed by atoms with Crippen LogP contribution in [-0.4, -0.2) is 45.3 Å². The molecule has 0 bridgehead atoms. The SMILES string of the molecule is CCCCCCCCCCCCCCCCC/C=C\C(O)C(O)C(O)CO. The average Bonchev–Trinajstić information content (AvgIpc) is 2.68. The van der Waals surface area contributed by atoms with E-state index in [1.165, 1.54) is 96.0 Å². The van der Waals surface area contributed by atoms with Crippen LogP contribution in [0.25, 0.3) is 0 Å². The van der Waals surface area contributed by atoms with Crippen LogP contribution in [0.15, 0.2) is 12.2 Å². The van der Waals surface area contributed by atoms with Crippen LogP contribution in [0.2, 0.25) is 0 Å². The topological polar surface area (TPSA) is 80.9 Å². The van der Waals surface area contributed by atoms with Gasteiger partial charge >= 0.3 is 0 Å². The first-order chi connectivity index (χ1) is 13.1. The van der Waals surface area contributed by atoms with E-state index in [9.17, 15) is 15.3 Å². The molecule has 0 aromatic rings. The molecule has 0 aromatic heterocycles. The lowest BCUT2D eigenvalue weighted by atomic mass is 10.0. The lowest BCUT2D eigenvalue weighted by Crippen LogP contribution is -2.38. The summed E-state index contributed by atoms with van der Waals surface area (Å²) < 4.78 is 0. The van der Waals surface area contributed by atoms with Crippen molar-refractivity contribution in [1.29, 1.82) is 0 Å². The maximum Gasteiger partial charge on any atom is 0.112 e. The van der Waals surface area contributed by atoms with Gasteiger partial charge in [0, 0.05) is 0 Å². The summed E-state index contributed by atoms with van der Waals surface area (Å²) in [5, 5.41) is 37.1. The second-order valence-corrected chi connectivity index (χ2v) is 7.90. The maximum atomic E-state index is 9.64.